The Bertz CT molecular complexity index is 544. The second-order valence-electron chi connectivity index (χ2n) is 6.75. The molecule has 2 aromatic carbocycles. The number of anilines is 1. The van der Waals surface area contributed by atoms with Gasteiger partial charge in [-0.2, -0.15) is 0 Å². The molecule has 138 valence electrons. The maximum Gasteiger partial charge on any atom is 4.00 e. The molecule has 25 heavy (non-hydrogen) atoms. The molecule has 1 saturated heterocycles. The van der Waals surface area contributed by atoms with Crippen molar-refractivity contribution in [1.29, 1.82) is 0 Å². The topological polar surface area (TPSA) is 27.0 Å². The number of hydrogen-bond acceptors (Lipinski definition) is 1. The molecule has 2 nitrogen and oxygen atoms in total. The summed E-state index contributed by atoms with van der Waals surface area (Å²) in [5, 5.41) is 2.78. The van der Waals surface area contributed by atoms with Crippen LogP contribution in [0.2, 0.25) is 13.1 Å². The third-order valence-electron chi connectivity index (χ3n) is 3.10. The van der Waals surface area contributed by atoms with Gasteiger partial charge in [0.15, 0.2) is 0 Å². The van der Waals surface area contributed by atoms with Crippen LogP contribution in [0.15, 0.2) is 36.4 Å². The summed E-state index contributed by atoms with van der Waals surface area (Å²) in [5.41, 5.74) is 8.12. The predicted octanol–water partition coefficient (Wildman–Crippen LogP) is -0.212. The van der Waals surface area contributed by atoms with Gasteiger partial charge in [0.1, 0.15) is 0 Å². The van der Waals surface area contributed by atoms with Crippen molar-refractivity contribution in [3.8, 4) is 0 Å². The van der Waals surface area contributed by atoms with E-state index in [1.54, 1.807) is 0 Å². The third-order valence-corrected chi connectivity index (χ3v) is 3.10. The minimum Gasteiger partial charge on any atom is -1.00 e. The van der Waals surface area contributed by atoms with E-state index in [9.17, 15) is 0 Å². The van der Waals surface area contributed by atoms with E-state index >= 15 is 0 Å². The van der Waals surface area contributed by atoms with Gasteiger partial charge in [0.25, 0.3) is 0 Å². The van der Waals surface area contributed by atoms with Crippen molar-refractivity contribution in [2.24, 2.45) is 0 Å². The molecule has 1 aliphatic heterocycles. The molecule has 0 bridgehead atoms. The monoisotopic (exact) mass is 432 g/mol. The Labute approximate surface area is 184 Å². The summed E-state index contributed by atoms with van der Waals surface area (Å²) < 4.78 is 0. The van der Waals surface area contributed by atoms with E-state index in [0.29, 0.717) is 0 Å². The van der Waals surface area contributed by atoms with Crippen LogP contribution in [0, 0.1) is 0 Å². The van der Waals surface area contributed by atoms with Gasteiger partial charge < -0.3 is 35.4 Å². The maximum atomic E-state index is 6.94. The Kier molecular flexibility index (Phi) is 18.1. The Balaban J connectivity index is -0.000000384. The molecule has 0 unspecified atom stereocenters. The van der Waals surface area contributed by atoms with E-state index in [1.165, 1.54) is 42.4 Å². The van der Waals surface area contributed by atoms with Crippen LogP contribution in [0.3, 0.4) is 0 Å². The number of nitrogens with zero attached hydrogens (tertiary/aromatic N) is 1. The van der Waals surface area contributed by atoms with Gasteiger partial charge in [0.2, 0.25) is 0 Å². The van der Waals surface area contributed by atoms with Crippen molar-refractivity contribution >= 4 is 26.0 Å². The SMILES string of the molecule is CC(C)(C)[NH-].C[Si]C.[Cl-].[Cl-].[Ti+4].c1ccc2c(N3CCCC3)c[cH-]c2c1. The second kappa shape index (κ2) is 15.2. The molecule has 2 aromatic rings. The first-order chi connectivity index (χ1) is 10.4. The molecule has 3 rings (SSSR count). The van der Waals surface area contributed by atoms with Crippen molar-refractivity contribution in [2.75, 3.05) is 18.0 Å². The number of fused-ring (bicyclic) bond motifs is 1. The van der Waals surface area contributed by atoms with E-state index in [-0.39, 0.29) is 52.1 Å². The van der Waals surface area contributed by atoms with Crippen LogP contribution in [-0.4, -0.2) is 28.1 Å². The van der Waals surface area contributed by atoms with Gasteiger partial charge in [-0.05, 0) is 12.8 Å². The molecule has 0 saturated carbocycles. The molecule has 0 aliphatic carbocycles. The molecule has 1 fully saturated rings. The minimum atomic E-state index is -0.250. The number of benzene rings is 1. The van der Waals surface area contributed by atoms with Crippen LogP contribution in [0.1, 0.15) is 33.6 Å². The van der Waals surface area contributed by atoms with Gasteiger partial charge in [-0.1, -0.05) is 45.6 Å². The molecule has 0 amide bonds. The summed E-state index contributed by atoms with van der Waals surface area (Å²) in [4.78, 5) is 2.50. The van der Waals surface area contributed by atoms with E-state index in [4.69, 9.17) is 5.73 Å². The van der Waals surface area contributed by atoms with E-state index in [0.717, 1.165) is 9.52 Å². The van der Waals surface area contributed by atoms with Crippen molar-refractivity contribution in [2.45, 2.75) is 52.2 Å². The van der Waals surface area contributed by atoms with Crippen molar-refractivity contribution < 1.29 is 46.5 Å². The average molecular weight is 433 g/mol. The van der Waals surface area contributed by atoms with Crippen molar-refractivity contribution in [3.05, 3.63) is 42.1 Å². The van der Waals surface area contributed by atoms with Crippen molar-refractivity contribution in [1.82, 2.24) is 0 Å². The molecule has 1 N–H and O–H groups in total. The standard InChI is InChI=1S/C13H14N.C4H10N.C2H6Si.2ClH.Ti/c1-2-6-12-11(5-1)7-8-13(12)14-9-3-4-10-14;1-4(2,3)5;1-3-2;;;/h1-2,5-8H,3-4,9-10H2;5H,1-3H3;1-2H3;2*1H;/q2*-1;;;;+4/p-2. The zero-order chi connectivity index (χ0) is 16.6. The fourth-order valence-corrected chi connectivity index (χ4v) is 2.37. The summed E-state index contributed by atoms with van der Waals surface area (Å²) in [5.74, 6) is 0. The van der Waals surface area contributed by atoms with Gasteiger partial charge in [-0.15, -0.1) is 46.6 Å². The first-order valence-electron chi connectivity index (χ1n) is 8.09. The summed E-state index contributed by atoms with van der Waals surface area (Å²) in [6, 6.07) is 13.1. The zero-order valence-corrected chi connectivity index (χ0v) is 20.1. The predicted molar refractivity (Wildman–Crippen MR) is 103 cm³/mol. The summed E-state index contributed by atoms with van der Waals surface area (Å²) >= 11 is 0. The molecular weight excluding hydrogens is 403 g/mol. The molecule has 2 radical (unpaired) electrons. The van der Waals surface area contributed by atoms with Gasteiger partial charge >= 0.3 is 21.7 Å². The van der Waals surface area contributed by atoms with E-state index < -0.39 is 0 Å². The maximum absolute atomic E-state index is 6.94. The minimum absolute atomic E-state index is 0. The molecule has 0 atom stereocenters. The Hall–Kier alpha value is 0.101. The van der Waals surface area contributed by atoms with Crippen LogP contribution in [0.25, 0.3) is 16.5 Å². The molecule has 6 heteroatoms. The number of rotatable bonds is 1. The van der Waals surface area contributed by atoms with Crippen LogP contribution in [0.4, 0.5) is 5.69 Å². The van der Waals surface area contributed by atoms with Gasteiger partial charge in [-0.3, -0.25) is 0 Å². The Morgan fingerprint density at radius 3 is 1.96 bits per heavy atom. The van der Waals surface area contributed by atoms with Gasteiger partial charge in [0.05, 0.1) is 0 Å². The summed E-state index contributed by atoms with van der Waals surface area (Å²) in [7, 11) is 1.08. The van der Waals surface area contributed by atoms with Crippen LogP contribution >= 0.6 is 0 Å². The summed E-state index contributed by atoms with van der Waals surface area (Å²) in [6.45, 7) is 12.3. The van der Waals surface area contributed by atoms with Crippen LogP contribution in [-0.2, 0) is 21.7 Å². The van der Waals surface area contributed by atoms with Crippen molar-refractivity contribution in [3.63, 3.8) is 0 Å². The molecule has 0 spiro atoms. The van der Waals surface area contributed by atoms with Gasteiger partial charge in [0, 0.05) is 22.6 Å². The molecule has 1 heterocycles. The number of hydrogen-bond donors (Lipinski definition) is 0. The van der Waals surface area contributed by atoms with E-state index in [1.807, 2.05) is 20.8 Å². The number of halogens is 2. The molecule has 1 aliphatic rings. The Morgan fingerprint density at radius 2 is 1.48 bits per heavy atom. The first kappa shape index (κ1) is 29.8. The molecule has 0 aromatic heterocycles. The fourth-order valence-electron chi connectivity index (χ4n) is 2.37. The third kappa shape index (κ3) is 12.2. The van der Waals surface area contributed by atoms with Crippen LogP contribution in [0.5, 0.6) is 0 Å². The zero-order valence-electron chi connectivity index (χ0n) is 16.0. The largest absolute Gasteiger partial charge is 4.00 e. The second-order valence-corrected chi connectivity index (χ2v) is 7.75. The van der Waals surface area contributed by atoms with Crippen LogP contribution < -0.4 is 29.7 Å². The first-order valence-corrected chi connectivity index (χ1v) is 10.1. The van der Waals surface area contributed by atoms with Gasteiger partial charge in [-0.25, -0.2) is 0 Å². The molecular formula is C19H30Cl2N2SiTi. The fraction of sp³-hybridized carbons (Fsp3) is 0.526. The normalized spacial score (nSPS) is 12.5. The average Bonchev–Trinajstić information content (AvgIpc) is 3.06. The summed E-state index contributed by atoms with van der Waals surface area (Å²) in [6.07, 6.45) is 2.69. The quantitative estimate of drug-likeness (QED) is 0.452. The van der Waals surface area contributed by atoms with E-state index in [2.05, 4.69) is 54.4 Å². The number of nitrogens with one attached hydrogen (secondary N) is 1. The Morgan fingerprint density at radius 1 is 1.04 bits per heavy atom. The smallest absolute Gasteiger partial charge is 1.00 e.